The topological polar surface area (TPSA) is 63.6 Å². The molecule has 0 aliphatic carbocycles. The maximum Gasteiger partial charge on any atom is 0.372 e. The molecule has 0 aromatic heterocycles. The van der Waals surface area contributed by atoms with Crippen molar-refractivity contribution in [2.45, 2.75) is 12.8 Å². The van der Waals surface area contributed by atoms with Gasteiger partial charge >= 0.3 is 5.97 Å². The molecule has 15 heavy (non-hydrogen) atoms. The molecule has 0 unspecified atom stereocenters. The van der Waals surface area contributed by atoms with Gasteiger partial charge in [0.1, 0.15) is 5.75 Å². The van der Waals surface area contributed by atoms with E-state index in [1.165, 1.54) is 0 Å². The van der Waals surface area contributed by atoms with Gasteiger partial charge in [-0.3, -0.25) is 4.79 Å². The Morgan fingerprint density at radius 2 is 1.87 bits per heavy atom. The third kappa shape index (κ3) is 4.26. The number of ketones is 1. The van der Waals surface area contributed by atoms with E-state index in [-0.39, 0.29) is 6.42 Å². The zero-order valence-corrected chi connectivity index (χ0v) is 8.18. The van der Waals surface area contributed by atoms with Crippen LogP contribution in [-0.4, -0.2) is 23.5 Å². The van der Waals surface area contributed by atoms with Crippen molar-refractivity contribution in [3.63, 3.8) is 0 Å². The second kappa shape index (κ2) is 5.80. The van der Waals surface area contributed by atoms with Crippen LogP contribution in [0.1, 0.15) is 12.8 Å². The quantitative estimate of drug-likeness (QED) is 0.568. The van der Waals surface area contributed by atoms with Crippen molar-refractivity contribution < 1.29 is 19.4 Å². The smallest absolute Gasteiger partial charge is 0.372 e. The Balaban J connectivity index is 2.18. The standard InChI is InChI=1S/C11H12O4/c12-10(11(13)14)7-4-8-15-9-5-2-1-3-6-9/h1-3,5-6H,4,7-8H2,(H,13,14). The van der Waals surface area contributed by atoms with Crippen molar-refractivity contribution in [2.24, 2.45) is 0 Å². The Morgan fingerprint density at radius 3 is 2.47 bits per heavy atom. The first-order valence-electron chi connectivity index (χ1n) is 4.64. The van der Waals surface area contributed by atoms with Crippen molar-refractivity contribution in [3.05, 3.63) is 30.3 Å². The molecular formula is C11H12O4. The van der Waals surface area contributed by atoms with Gasteiger partial charge < -0.3 is 9.84 Å². The predicted octanol–water partition coefficient (Wildman–Crippen LogP) is 1.50. The Morgan fingerprint density at radius 1 is 1.20 bits per heavy atom. The lowest BCUT2D eigenvalue weighted by Crippen LogP contribution is -2.13. The maximum absolute atomic E-state index is 10.7. The molecule has 80 valence electrons. The predicted molar refractivity (Wildman–Crippen MR) is 53.8 cm³/mol. The van der Waals surface area contributed by atoms with Crippen LogP contribution in [0.5, 0.6) is 5.75 Å². The SMILES string of the molecule is O=C(O)C(=O)CCCOc1ccccc1. The fourth-order valence-corrected chi connectivity index (χ4v) is 1.05. The molecule has 0 atom stereocenters. The van der Waals surface area contributed by atoms with E-state index in [4.69, 9.17) is 9.84 Å². The first kappa shape index (κ1) is 11.2. The number of hydrogen-bond donors (Lipinski definition) is 1. The summed E-state index contributed by atoms with van der Waals surface area (Å²) in [5.41, 5.74) is 0. The van der Waals surface area contributed by atoms with Gasteiger partial charge in [-0.2, -0.15) is 0 Å². The summed E-state index contributed by atoms with van der Waals surface area (Å²) in [5.74, 6) is -1.43. The highest BCUT2D eigenvalue weighted by Gasteiger charge is 2.09. The van der Waals surface area contributed by atoms with Crippen LogP contribution in [-0.2, 0) is 9.59 Å². The molecule has 1 aromatic rings. The van der Waals surface area contributed by atoms with E-state index in [1.807, 2.05) is 18.2 Å². The van der Waals surface area contributed by atoms with Crippen LogP contribution in [0.2, 0.25) is 0 Å². The molecule has 0 saturated heterocycles. The zero-order valence-electron chi connectivity index (χ0n) is 8.18. The summed E-state index contributed by atoms with van der Waals surface area (Å²) in [5, 5.41) is 8.31. The molecule has 0 aliphatic rings. The Labute approximate surface area is 87.5 Å². The number of carbonyl (C=O) groups is 2. The number of aliphatic carboxylic acids is 1. The van der Waals surface area contributed by atoms with Gasteiger partial charge in [-0.25, -0.2) is 4.79 Å². The Kier molecular flexibility index (Phi) is 4.34. The van der Waals surface area contributed by atoms with Gasteiger partial charge in [-0.05, 0) is 18.6 Å². The highest BCUT2D eigenvalue weighted by atomic mass is 16.5. The highest BCUT2D eigenvalue weighted by molar-refractivity contribution is 6.32. The first-order chi connectivity index (χ1) is 7.20. The summed E-state index contributed by atoms with van der Waals surface area (Å²) in [6, 6.07) is 9.17. The number of rotatable bonds is 6. The number of benzene rings is 1. The fraction of sp³-hybridized carbons (Fsp3) is 0.273. The molecule has 1 N–H and O–H groups in total. The van der Waals surface area contributed by atoms with Crippen LogP contribution < -0.4 is 4.74 Å². The fourth-order valence-electron chi connectivity index (χ4n) is 1.05. The van der Waals surface area contributed by atoms with Crippen molar-refractivity contribution in [3.8, 4) is 5.75 Å². The van der Waals surface area contributed by atoms with Gasteiger partial charge in [0.15, 0.2) is 0 Å². The van der Waals surface area contributed by atoms with E-state index in [9.17, 15) is 9.59 Å². The molecule has 1 rings (SSSR count). The van der Waals surface area contributed by atoms with Crippen LogP contribution in [0.3, 0.4) is 0 Å². The largest absolute Gasteiger partial charge is 0.494 e. The normalized spacial score (nSPS) is 9.60. The zero-order chi connectivity index (χ0) is 11.1. The molecule has 0 amide bonds. The molecule has 1 aromatic carbocycles. The van der Waals surface area contributed by atoms with Crippen LogP contribution >= 0.6 is 0 Å². The summed E-state index contributed by atoms with van der Waals surface area (Å²) in [6.45, 7) is 0.350. The third-order valence-corrected chi connectivity index (χ3v) is 1.80. The van der Waals surface area contributed by atoms with Crippen LogP contribution in [0, 0.1) is 0 Å². The molecule has 0 saturated carbocycles. The van der Waals surface area contributed by atoms with E-state index in [0.717, 1.165) is 5.75 Å². The van der Waals surface area contributed by atoms with E-state index in [0.29, 0.717) is 13.0 Å². The van der Waals surface area contributed by atoms with Crippen molar-refractivity contribution >= 4 is 11.8 Å². The number of carboxylic acid groups (broad SMARTS) is 1. The minimum absolute atomic E-state index is 0.0160. The summed E-state index contributed by atoms with van der Waals surface area (Å²) in [4.78, 5) is 20.9. The van der Waals surface area contributed by atoms with Crippen molar-refractivity contribution in [1.82, 2.24) is 0 Å². The van der Waals surface area contributed by atoms with Crippen LogP contribution in [0.4, 0.5) is 0 Å². The minimum Gasteiger partial charge on any atom is -0.494 e. The van der Waals surface area contributed by atoms with Crippen LogP contribution in [0.15, 0.2) is 30.3 Å². The number of Topliss-reactive ketones (excluding diaryl/α,β-unsaturated/α-hetero) is 1. The molecular weight excluding hydrogens is 196 g/mol. The molecule has 0 aliphatic heterocycles. The lowest BCUT2D eigenvalue weighted by atomic mass is 10.2. The van der Waals surface area contributed by atoms with E-state index in [2.05, 4.69) is 0 Å². The average molecular weight is 208 g/mol. The van der Waals surface area contributed by atoms with Gasteiger partial charge in [0.25, 0.3) is 0 Å². The van der Waals surface area contributed by atoms with Gasteiger partial charge in [0.05, 0.1) is 6.61 Å². The van der Waals surface area contributed by atoms with Gasteiger partial charge in [0, 0.05) is 6.42 Å². The molecule has 0 spiro atoms. The van der Waals surface area contributed by atoms with Crippen molar-refractivity contribution in [2.75, 3.05) is 6.61 Å². The molecule has 0 bridgehead atoms. The van der Waals surface area contributed by atoms with E-state index >= 15 is 0 Å². The van der Waals surface area contributed by atoms with Gasteiger partial charge in [-0.15, -0.1) is 0 Å². The summed E-state index contributed by atoms with van der Waals surface area (Å²) in [6.07, 6.45) is 0.433. The average Bonchev–Trinajstić information content (AvgIpc) is 2.25. The van der Waals surface area contributed by atoms with E-state index in [1.54, 1.807) is 12.1 Å². The molecule has 4 nitrogen and oxygen atoms in total. The van der Waals surface area contributed by atoms with E-state index < -0.39 is 11.8 Å². The summed E-state index contributed by atoms with van der Waals surface area (Å²) in [7, 11) is 0. The lowest BCUT2D eigenvalue weighted by molar-refractivity contribution is -0.149. The third-order valence-electron chi connectivity index (χ3n) is 1.80. The van der Waals surface area contributed by atoms with Crippen molar-refractivity contribution in [1.29, 1.82) is 0 Å². The number of para-hydroxylation sites is 1. The molecule has 0 heterocycles. The summed E-state index contributed by atoms with van der Waals surface area (Å²) >= 11 is 0. The first-order valence-corrected chi connectivity index (χ1v) is 4.64. The highest BCUT2D eigenvalue weighted by Crippen LogP contribution is 2.08. The maximum atomic E-state index is 10.7. The Hall–Kier alpha value is -1.84. The minimum atomic E-state index is -1.38. The number of ether oxygens (including phenoxy) is 1. The van der Waals surface area contributed by atoms with Gasteiger partial charge in [0.2, 0.25) is 5.78 Å². The van der Waals surface area contributed by atoms with Gasteiger partial charge in [-0.1, -0.05) is 18.2 Å². The molecule has 0 radical (unpaired) electrons. The lowest BCUT2D eigenvalue weighted by Gasteiger charge is -2.03. The second-order valence-electron chi connectivity index (χ2n) is 2.99. The number of hydrogen-bond acceptors (Lipinski definition) is 3. The summed E-state index contributed by atoms with van der Waals surface area (Å²) < 4.78 is 5.29. The monoisotopic (exact) mass is 208 g/mol. The number of carbonyl (C=O) groups excluding carboxylic acids is 1. The van der Waals surface area contributed by atoms with Crippen LogP contribution in [0.25, 0.3) is 0 Å². The molecule has 4 heteroatoms. The molecule has 0 fully saturated rings. The number of carboxylic acids is 1. The Bertz CT molecular complexity index is 332. The second-order valence-corrected chi connectivity index (χ2v) is 2.99.